The standard InChI is InChI=1S/C15H12F3N5O2/c1-23(2)12-7-11(15(16,17)18)20-14(21-12)25-10-5-3-4-9(6-10)13-22-19-8-24-13/h3-8H,1-2H3. The average Bonchev–Trinajstić information content (AvgIpc) is 3.08. The van der Waals surface area contributed by atoms with Gasteiger partial charge in [0, 0.05) is 25.7 Å². The molecule has 0 aliphatic carbocycles. The molecule has 0 spiro atoms. The first-order valence-electron chi connectivity index (χ1n) is 7.01. The Hall–Kier alpha value is -3.17. The Kier molecular flexibility index (Phi) is 4.26. The fourth-order valence-corrected chi connectivity index (χ4v) is 1.93. The minimum Gasteiger partial charge on any atom is -0.424 e. The van der Waals surface area contributed by atoms with E-state index in [1.807, 2.05) is 0 Å². The van der Waals surface area contributed by atoms with E-state index in [-0.39, 0.29) is 17.5 Å². The molecule has 0 fully saturated rings. The van der Waals surface area contributed by atoms with Gasteiger partial charge in [0.05, 0.1) is 0 Å². The Bertz CT molecular complexity index is 866. The van der Waals surface area contributed by atoms with Crippen LogP contribution in [0, 0.1) is 0 Å². The Morgan fingerprint density at radius 1 is 1.12 bits per heavy atom. The van der Waals surface area contributed by atoms with Gasteiger partial charge >= 0.3 is 12.2 Å². The molecule has 0 aliphatic rings. The summed E-state index contributed by atoms with van der Waals surface area (Å²) < 4.78 is 49.5. The van der Waals surface area contributed by atoms with Crippen LogP contribution in [-0.2, 0) is 6.18 Å². The highest BCUT2D eigenvalue weighted by molar-refractivity contribution is 5.55. The zero-order valence-electron chi connectivity index (χ0n) is 13.2. The molecule has 0 bridgehead atoms. The molecule has 0 saturated heterocycles. The lowest BCUT2D eigenvalue weighted by atomic mass is 10.2. The summed E-state index contributed by atoms with van der Waals surface area (Å²) in [6.07, 6.45) is -3.44. The molecule has 3 aromatic rings. The van der Waals surface area contributed by atoms with Crippen LogP contribution in [0.3, 0.4) is 0 Å². The van der Waals surface area contributed by atoms with Crippen LogP contribution in [0.5, 0.6) is 11.8 Å². The van der Waals surface area contributed by atoms with Gasteiger partial charge in [-0.2, -0.15) is 23.1 Å². The van der Waals surface area contributed by atoms with Crippen molar-refractivity contribution in [2.45, 2.75) is 6.18 Å². The molecule has 25 heavy (non-hydrogen) atoms. The average molecular weight is 351 g/mol. The number of alkyl halides is 3. The molecule has 0 aliphatic heterocycles. The van der Waals surface area contributed by atoms with Crippen LogP contribution in [0.4, 0.5) is 19.0 Å². The Balaban J connectivity index is 1.95. The smallest absolute Gasteiger partial charge is 0.424 e. The van der Waals surface area contributed by atoms with Gasteiger partial charge in [0.1, 0.15) is 11.6 Å². The summed E-state index contributed by atoms with van der Waals surface area (Å²) in [6, 6.07) is 6.85. The van der Waals surface area contributed by atoms with E-state index in [0.29, 0.717) is 5.56 Å². The van der Waals surface area contributed by atoms with Gasteiger partial charge in [-0.15, -0.1) is 10.2 Å². The second-order valence-electron chi connectivity index (χ2n) is 5.16. The zero-order chi connectivity index (χ0) is 18.0. The van der Waals surface area contributed by atoms with E-state index in [1.165, 1.54) is 17.4 Å². The number of halogens is 3. The van der Waals surface area contributed by atoms with Crippen LogP contribution >= 0.6 is 0 Å². The van der Waals surface area contributed by atoms with Crippen molar-refractivity contribution in [2.75, 3.05) is 19.0 Å². The Morgan fingerprint density at radius 2 is 1.92 bits per heavy atom. The van der Waals surface area contributed by atoms with E-state index in [1.54, 1.807) is 32.3 Å². The number of ether oxygens (including phenoxy) is 1. The third-order valence-corrected chi connectivity index (χ3v) is 3.09. The number of rotatable bonds is 4. The van der Waals surface area contributed by atoms with Crippen molar-refractivity contribution in [3.63, 3.8) is 0 Å². The van der Waals surface area contributed by atoms with Crippen LogP contribution in [0.15, 0.2) is 41.1 Å². The van der Waals surface area contributed by atoms with Crippen molar-refractivity contribution in [1.29, 1.82) is 0 Å². The molecular weight excluding hydrogens is 339 g/mol. The maximum atomic E-state index is 13.0. The largest absolute Gasteiger partial charge is 0.433 e. The van der Waals surface area contributed by atoms with Gasteiger partial charge in [-0.25, -0.2) is 0 Å². The molecule has 2 aromatic heterocycles. The molecule has 0 N–H and O–H groups in total. The summed E-state index contributed by atoms with van der Waals surface area (Å²) in [5.74, 6) is 0.564. The van der Waals surface area contributed by atoms with Crippen molar-refractivity contribution < 1.29 is 22.3 Å². The van der Waals surface area contributed by atoms with E-state index in [4.69, 9.17) is 9.15 Å². The molecule has 130 valence electrons. The number of benzene rings is 1. The highest BCUT2D eigenvalue weighted by Gasteiger charge is 2.34. The highest BCUT2D eigenvalue weighted by Crippen LogP contribution is 2.32. The highest BCUT2D eigenvalue weighted by atomic mass is 19.4. The second kappa shape index (κ2) is 6.38. The van der Waals surface area contributed by atoms with Crippen LogP contribution in [0.1, 0.15) is 5.69 Å². The predicted molar refractivity (Wildman–Crippen MR) is 81.2 cm³/mol. The number of hydrogen-bond donors (Lipinski definition) is 0. The van der Waals surface area contributed by atoms with Gasteiger partial charge in [0.2, 0.25) is 12.3 Å². The van der Waals surface area contributed by atoms with Crippen LogP contribution in [-0.4, -0.2) is 34.3 Å². The zero-order valence-corrected chi connectivity index (χ0v) is 13.2. The van der Waals surface area contributed by atoms with Gasteiger partial charge < -0.3 is 14.1 Å². The van der Waals surface area contributed by atoms with Gasteiger partial charge in [-0.3, -0.25) is 0 Å². The molecule has 0 saturated carbocycles. The molecule has 0 unspecified atom stereocenters. The SMILES string of the molecule is CN(C)c1cc(C(F)(F)F)nc(Oc2cccc(-c3nnco3)c2)n1. The summed E-state index contributed by atoms with van der Waals surface area (Å²) >= 11 is 0. The molecule has 2 heterocycles. The first-order chi connectivity index (χ1) is 11.8. The third kappa shape index (κ3) is 3.84. The fraction of sp³-hybridized carbons (Fsp3) is 0.200. The molecule has 0 atom stereocenters. The van der Waals surface area contributed by atoms with Crippen LogP contribution < -0.4 is 9.64 Å². The van der Waals surface area contributed by atoms with Gasteiger partial charge in [-0.05, 0) is 18.2 Å². The second-order valence-corrected chi connectivity index (χ2v) is 5.16. The maximum Gasteiger partial charge on any atom is 0.433 e. The molecule has 3 rings (SSSR count). The van der Waals surface area contributed by atoms with Gasteiger partial charge in [0.25, 0.3) is 0 Å². The first kappa shape index (κ1) is 16.7. The fourth-order valence-electron chi connectivity index (χ4n) is 1.93. The van der Waals surface area contributed by atoms with E-state index in [9.17, 15) is 13.2 Å². The molecule has 0 amide bonds. The van der Waals surface area contributed by atoms with Crippen molar-refractivity contribution in [3.05, 3.63) is 42.4 Å². The quantitative estimate of drug-likeness (QED) is 0.713. The van der Waals surface area contributed by atoms with E-state index < -0.39 is 17.9 Å². The first-order valence-corrected chi connectivity index (χ1v) is 7.01. The lowest BCUT2D eigenvalue weighted by Gasteiger charge is -2.15. The number of aromatic nitrogens is 4. The van der Waals surface area contributed by atoms with Crippen LogP contribution in [0.25, 0.3) is 11.5 Å². The van der Waals surface area contributed by atoms with Crippen molar-refractivity contribution in [2.24, 2.45) is 0 Å². The lowest BCUT2D eigenvalue weighted by Crippen LogP contribution is -2.16. The number of anilines is 1. The summed E-state index contributed by atoms with van der Waals surface area (Å²) in [4.78, 5) is 8.84. The Labute approximate surface area is 140 Å². The molecule has 10 heteroatoms. The minimum absolute atomic E-state index is 0.0744. The predicted octanol–water partition coefficient (Wildman–Crippen LogP) is 3.40. The summed E-state index contributed by atoms with van der Waals surface area (Å²) in [6.45, 7) is 0. The maximum absolute atomic E-state index is 13.0. The Morgan fingerprint density at radius 3 is 2.56 bits per heavy atom. The van der Waals surface area contributed by atoms with E-state index in [0.717, 1.165) is 6.07 Å². The normalized spacial score (nSPS) is 11.4. The van der Waals surface area contributed by atoms with Crippen molar-refractivity contribution in [1.82, 2.24) is 20.2 Å². The molecular formula is C15H12F3N5O2. The summed E-state index contributed by atoms with van der Waals surface area (Å²) in [5.41, 5.74) is -0.538. The summed E-state index contributed by atoms with van der Waals surface area (Å²) in [5, 5.41) is 7.33. The van der Waals surface area contributed by atoms with Gasteiger partial charge in [-0.1, -0.05) is 6.07 Å². The van der Waals surface area contributed by atoms with E-state index >= 15 is 0 Å². The number of nitrogens with zero attached hydrogens (tertiary/aromatic N) is 5. The molecule has 7 nitrogen and oxygen atoms in total. The summed E-state index contributed by atoms with van der Waals surface area (Å²) in [7, 11) is 3.14. The van der Waals surface area contributed by atoms with Crippen molar-refractivity contribution >= 4 is 5.82 Å². The monoisotopic (exact) mass is 351 g/mol. The number of hydrogen-bond acceptors (Lipinski definition) is 7. The van der Waals surface area contributed by atoms with Crippen LogP contribution in [0.2, 0.25) is 0 Å². The minimum atomic E-state index is -4.61. The van der Waals surface area contributed by atoms with Crippen molar-refractivity contribution in [3.8, 4) is 23.2 Å². The third-order valence-electron chi connectivity index (χ3n) is 3.09. The van der Waals surface area contributed by atoms with E-state index in [2.05, 4.69) is 20.2 Å². The van der Waals surface area contributed by atoms with Gasteiger partial charge in [0.15, 0.2) is 5.69 Å². The molecule has 0 radical (unpaired) electrons. The topological polar surface area (TPSA) is 77.2 Å². The lowest BCUT2D eigenvalue weighted by molar-refractivity contribution is -0.141. The molecule has 1 aromatic carbocycles.